The summed E-state index contributed by atoms with van der Waals surface area (Å²) in [5.74, 6) is -1.04. The first-order valence-corrected chi connectivity index (χ1v) is 7.86. The van der Waals surface area contributed by atoms with Gasteiger partial charge in [-0.15, -0.1) is 0 Å². The monoisotopic (exact) mass is 330 g/mol. The SMILES string of the molecule is O=C(c1cccnc1)[C@@H]1CCCN(C(=O)CN2C(=O)CNC2=O)C1. The highest BCUT2D eigenvalue weighted by Crippen LogP contribution is 2.21. The van der Waals surface area contributed by atoms with Crippen LogP contribution in [-0.2, 0) is 9.59 Å². The molecule has 1 N–H and O–H groups in total. The number of carbonyl (C=O) groups excluding carboxylic acids is 4. The fourth-order valence-corrected chi connectivity index (χ4v) is 3.01. The average Bonchev–Trinajstić information content (AvgIpc) is 2.94. The van der Waals surface area contributed by atoms with Crippen molar-refractivity contribution in [3.8, 4) is 0 Å². The van der Waals surface area contributed by atoms with Gasteiger partial charge >= 0.3 is 6.03 Å². The zero-order valence-electron chi connectivity index (χ0n) is 13.1. The van der Waals surface area contributed by atoms with Gasteiger partial charge in [-0.2, -0.15) is 0 Å². The van der Waals surface area contributed by atoms with Crippen LogP contribution in [0, 0.1) is 5.92 Å². The first-order valence-electron chi connectivity index (χ1n) is 7.86. The van der Waals surface area contributed by atoms with Gasteiger partial charge in [-0.1, -0.05) is 0 Å². The van der Waals surface area contributed by atoms with Gasteiger partial charge in [0.2, 0.25) is 5.91 Å². The third-order valence-corrected chi connectivity index (χ3v) is 4.32. The molecule has 2 aliphatic heterocycles. The maximum Gasteiger partial charge on any atom is 0.325 e. The van der Waals surface area contributed by atoms with Gasteiger partial charge in [-0.05, 0) is 25.0 Å². The molecule has 1 aromatic rings. The minimum Gasteiger partial charge on any atom is -0.340 e. The van der Waals surface area contributed by atoms with Crippen LogP contribution in [0.15, 0.2) is 24.5 Å². The molecule has 2 saturated heterocycles. The number of urea groups is 1. The Morgan fingerprint density at radius 3 is 2.83 bits per heavy atom. The molecule has 2 aliphatic rings. The maximum absolute atomic E-state index is 12.5. The predicted octanol–water partition coefficient (Wildman–Crippen LogP) is 0.0547. The highest BCUT2D eigenvalue weighted by molar-refractivity contribution is 6.04. The number of amides is 4. The van der Waals surface area contributed by atoms with Crippen molar-refractivity contribution in [2.75, 3.05) is 26.2 Å². The number of rotatable bonds is 4. The van der Waals surface area contributed by atoms with E-state index in [1.807, 2.05) is 0 Å². The summed E-state index contributed by atoms with van der Waals surface area (Å²) in [7, 11) is 0. The van der Waals surface area contributed by atoms with E-state index in [1.54, 1.807) is 23.2 Å². The Balaban J connectivity index is 1.63. The van der Waals surface area contributed by atoms with Crippen molar-refractivity contribution in [2.24, 2.45) is 5.92 Å². The number of aromatic nitrogens is 1. The number of ketones is 1. The van der Waals surface area contributed by atoms with Crippen LogP contribution in [0.5, 0.6) is 0 Å². The number of nitrogens with zero attached hydrogens (tertiary/aromatic N) is 3. The summed E-state index contributed by atoms with van der Waals surface area (Å²) in [4.78, 5) is 54.4. The molecule has 8 nitrogen and oxygen atoms in total. The van der Waals surface area contributed by atoms with E-state index in [0.717, 1.165) is 4.90 Å². The molecule has 0 unspecified atom stereocenters. The van der Waals surface area contributed by atoms with Crippen LogP contribution < -0.4 is 5.32 Å². The van der Waals surface area contributed by atoms with Gasteiger partial charge in [0.1, 0.15) is 6.54 Å². The van der Waals surface area contributed by atoms with Gasteiger partial charge in [-0.25, -0.2) is 4.79 Å². The van der Waals surface area contributed by atoms with E-state index < -0.39 is 11.9 Å². The minimum absolute atomic E-state index is 0.0319. The molecule has 1 atom stereocenters. The van der Waals surface area contributed by atoms with Crippen molar-refractivity contribution in [3.05, 3.63) is 30.1 Å². The average molecular weight is 330 g/mol. The molecule has 0 aromatic carbocycles. The summed E-state index contributed by atoms with van der Waals surface area (Å²) in [6.45, 7) is 0.474. The largest absolute Gasteiger partial charge is 0.340 e. The third-order valence-electron chi connectivity index (χ3n) is 4.32. The highest BCUT2D eigenvalue weighted by atomic mass is 16.2. The molecule has 1 aromatic heterocycles. The zero-order chi connectivity index (χ0) is 17.1. The number of carbonyl (C=O) groups is 4. The standard InChI is InChI=1S/C16H18N4O4/c21-13-8-18-16(24)20(13)10-14(22)19-6-2-4-12(9-19)15(23)11-3-1-5-17-7-11/h1,3,5,7,12H,2,4,6,8-10H2,(H,18,24)/t12-/m1/s1. The normalized spacial score (nSPS) is 20.9. The third kappa shape index (κ3) is 3.27. The summed E-state index contributed by atoms with van der Waals surface area (Å²) in [6, 6.07) is 2.87. The Kier molecular flexibility index (Phi) is 4.54. The van der Waals surface area contributed by atoms with Gasteiger partial charge in [-0.3, -0.25) is 24.3 Å². The number of Topliss-reactive ketones (excluding diaryl/α,β-unsaturated/α-hetero) is 1. The zero-order valence-corrected chi connectivity index (χ0v) is 13.1. The molecule has 24 heavy (non-hydrogen) atoms. The van der Waals surface area contributed by atoms with E-state index in [2.05, 4.69) is 10.3 Å². The molecule has 0 radical (unpaired) electrons. The predicted molar refractivity (Wildman–Crippen MR) is 83.0 cm³/mol. The number of imide groups is 1. The fourth-order valence-electron chi connectivity index (χ4n) is 3.01. The molecule has 0 aliphatic carbocycles. The summed E-state index contributed by atoms with van der Waals surface area (Å²) < 4.78 is 0. The van der Waals surface area contributed by atoms with Gasteiger partial charge in [0, 0.05) is 37.0 Å². The lowest BCUT2D eigenvalue weighted by atomic mass is 9.90. The molecule has 126 valence electrons. The first-order chi connectivity index (χ1) is 11.6. The molecular formula is C16H18N4O4. The van der Waals surface area contributed by atoms with Gasteiger partial charge in [0.15, 0.2) is 5.78 Å². The van der Waals surface area contributed by atoms with Gasteiger partial charge < -0.3 is 10.2 Å². The number of piperidine rings is 1. The Hall–Kier alpha value is -2.77. The second kappa shape index (κ2) is 6.77. The first kappa shape index (κ1) is 16.1. The van der Waals surface area contributed by atoms with Crippen molar-refractivity contribution >= 4 is 23.6 Å². The van der Waals surface area contributed by atoms with Crippen LogP contribution in [-0.4, -0.2) is 64.6 Å². The lowest BCUT2D eigenvalue weighted by Crippen LogP contribution is -2.47. The quantitative estimate of drug-likeness (QED) is 0.621. The highest BCUT2D eigenvalue weighted by Gasteiger charge is 2.34. The molecule has 3 rings (SSSR count). The minimum atomic E-state index is -0.548. The smallest absolute Gasteiger partial charge is 0.325 e. The Morgan fingerprint density at radius 2 is 2.17 bits per heavy atom. The number of hydrogen-bond donors (Lipinski definition) is 1. The molecule has 0 saturated carbocycles. The summed E-state index contributed by atoms with van der Waals surface area (Å²) in [6.07, 6.45) is 4.55. The van der Waals surface area contributed by atoms with Crippen molar-refractivity contribution in [1.82, 2.24) is 20.1 Å². The molecular weight excluding hydrogens is 312 g/mol. The molecule has 0 bridgehead atoms. The summed E-state index contributed by atoms with van der Waals surface area (Å²) in [5, 5.41) is 2.38. The summed E-state index contributed by atoms with van der Waals surface area (Å²) in [5.41, 5.74) is 0.533. The van der Waals surface area contributed by atoms with E-state index in [1.165, 1.54) is 6.20 Å². The van der Waals surface area contributed by atoms with Crippen LogP contribution in [0.1, 0.15) is 23.2 Å². The molecule has 2 fully saturated rings. The van der Waals surface area contributed by atoms with Gasteiger partial charge in [0.25, 0.3) is 5.91 Å². The van der Waals surface area contributed by atoms with E-state index >= 15 is 0 Å². The fraction of sp³-hybridized carbons (Fsp3) is 0.438. The Bertz CT molecular complexity index is 660. The second-order valence-electron chi connectivity index (χ2n) is 5.92. The Labute approximate surface area is 138 Å². The van der Waals surface area contributed by atoms with E-state index in [9.17, 15) is 19.2 Å². The number of pyridine rings is 1. The van der Waals surface area contributed by atoms with Crippen LogP contribution in [0.3, 0.4) is 0 Å². The lowest BCUT2D eigenvalue weighted by Gasteiger charge is -2.32. The number of likely N-dealkylation sites (tertiary alicyclic amines) is 1. The molecule has 3 heterocycles. The van der Waals surface area contributed by atoms with Crippen LogP contribution in [0.2, 0.25) is 0 Å². The van der Waals surface area contributed by atoms with E-state index in [0.29, 0.717) is 31.5 Å². The van der Waals surface area contributed by atoms with Crippen molar-refractivity contribution in [2.45, 2.75) is 12.8 Å². The second-order valence-corrected chi connectivity index (χ2v) is 5.92. The maximum atomic E-state index is 12.5. The number of nitrogens with one attached hydrogen (secondary N) is 1. The molecule has 0 spiro atoms. The molecule has 4 amide bonds. The van der Waals surface area contributed by atoms with Gasteiger partial charge in [0.05, 0.1) is 6.54 Å². The van der Waals surface area contributed by atoms with Crippen LogP contribution in [0.4, 0.5) is 4.79 Å². The Morgan fingerprint density at radius 1 is 1.33 bits per heavy atom. The topological polar surface area (TPSA) is 99.7 Å². The molecule has 8 heteroatoms. The lowest BCUT2D eigenvalue weighted by molar-refractivity contribution is -0.137. The number of hydrogen-bond acceptors (Lipinski definition) is 5. The van der Waals surface area contributed by atoms with Crippen molar-refractivity contribution in [3.63, 3.8) is 0 Å². The van der Waals surface area contributed by atoms with E-state index in [-0.39, 0.29) is 30.7 Å². The van der Waals surface area contributed by atoms with Crippen molar-refractivity contribution in [1.29, 1.82) is 0 Å². The van der Waals surface area contributed by atoms with E-state index in [4.69, 9.17) is 0 Å². The van der Waals surface area contributed by atoms with Crippen molar-refractivity contribution < 1.29 is 19.2 Å². The van der Waals surface area contributed by atoms with Crippen LogP contribution in [0.25, 0.3) is 0 Å². The summed E-state index contributed by atoms with van der Waals surface area (Å²) >= 11 is 0. The van der Waals surface area contributed by atoms with Crippen LogP contribution >= 0.6 is 0 Å².